The van der Waals surface area contributed by atoms with Crippen molar-refractivity contribution in [1.29, 1.82) is 0 Å². The van der Waals surface area contributed by atoms with Gasteiger partial charge in [-0.2, -0.15) is 0 Å². The second-order valence-electron chi connectivity index (χ2n) is 18.1. The monoisotopic (exact) mass is 832 g/mol. The molecule has 0 amide bonds. The zero-order valence-corrected chi connectivity index (χ0v) is 37.6. The van der Waals surface area contributed by atoms with Gasteiger partial charge in [0.25, 0.3) is 0 Å². The van der Waals surface area contributed by atoms with Gasteiger partial charge in [0.15, 0.2) is 0 Å². The standard InChI is InChI=1S/4C15H15.Cr/c4*1-15(2,13-9-5-3-6-10-13)14-11-7-4-8-12-14;/h4*3-12H,1H2,2H3;. The van der Waals surface area contributed by atoms with Crippen molar-refractivity contribution >= 4 is 0 Å². The van der Waals surface area contributed by atoms with Crippen LogP contribution in [0.1, 0.15) is 72.2 Å². The average Bonchev–Trinajstić information content (AvgIpc) is 3.33. The van der Waals surface area contributed by atoms with Crippen LogP contribution in [0, 0.1) is 0 Å². The van der Waals surface area contributed by atoms with Gasteiger partial charge in [0.05, 0.1) is 0 Å². The molecule has 0 aliphatic carbocycles. The molecule has 1 heteroatoms. The third-order valence-corrected chi connectivity index (χ3v) is 21.1. The van der Waals surface area contributed by atoms with Crippen molar-refractivity contribution in [2.24, 2.45) is 0 Å². The van der Waals surface area contributed by atoms with Gasteiger partial charge in [-0.1, -0.05) is 0 Å². The topological polar surface area (TPSA) is 0 Å². The quantitative estimate of drug-likeness (QED) is 0.0910. The Morgan fingerprint density at radius 2 is 0.328 bits per heavy atom. The van der Waals surface area contributed by atoms with E-state index in [2.05, 4.69) is 270 Å². The summed E-state index contributed by atoms with van der Waals surface area (Å²) in [5, 5.41) is 4.27. The Labute approximate surface area is 368 Å². The van der Waals surface area contributed by atoms with E-state index < -0.39 is 13.1 Å². The Kier molecular flexibility index (Phi) is 12.5. The first-order chi connectivity index (χ1) is 29.7. The van der Waals surface area contributed by atoms with Gasteiger partial charge in [0.1, 0.15) is 0 Å². The third kappa shape index (κ3) is 8.75. The van der Waals surface area contributed by atoms with E-state index in [1.54, 1.807) is 0 Å². The molecular weight excluding hydrogens is 773 g/mol. The molecule has 0 heterocycles. The van der Waals surface area contributed by atoms with Crippen molar-refractivity contribution in [3.8, 4) is 0 Å². The van der Waals surface area contributed by atoms with Crippen LogP contribution in [0.15, 0.2) is 243 Å². The molecule has 0 fully saturated rings. The molecule has 0 aromatic heterocycles. The van der Waals surface area contributed by atoms with Crippen LogP contribution in [0.2, 0.25) is 21.1 Å². The van der Waals surface area contributed by atoms with Crippen LogP contribution in [0.25, 0.3) is 0 Å². The Hall–Kier alpha value is -5.71. The SMILES string of the molecule is CC([CH2][Cr]([CH2]C(C)(c1ccccc1)c1ccccc1)([CH2]C(C)(c1ccccc1)c1ccccc1)[CH2]C(C)(c1ccccc1)c1ccccc1)(c1ccccc1)c1ccccc1. The minimum atomic E-state index is -3.11. The van der Waals surface area contributed by atoms with Gasteiger partial charge >= 0.3 is 371 Å². The summed E-state index contributed by atoms with van der Waals surface area (Å²) in [7, 11) is 0. The minimum absolute atomic E-state index is 0.278. The van der Waals surface area contributed by atoms with Crippen molar-refractivity contribution in [3.05, 3.63) is 287 Å². The van der Waals surface area contributed by atoms with E-state index in [0.717, 1.165) is 21.1 Å². The van der Waals surface area contributed by atoms with E-state index in [1.807, 2.05) is 0 Å². The molecule has 306 valence electrons. The van der Waals surface area contributed by atoms with E-state index in [-0.39, 0.29) is 21.7 Å². The molecule has 0 aliphatic heterocycles. The van der Waals surface area contributed by atoms with Crippen LogP contribution < -0.4 is 0 Å². The molecule has 61 heavy (non-hydrogen) atoms. The van der Waals surface area contributed by atoms with Crippen molar-refractivity contribution in [2.75, 3.05) is 0 Å². The fourth-order valence-corrected chi connectivity index (χ4v) is 21.2. The fraction of sp³-hybridized carbons (Fsp3) is 0.200. The maximum absolute atomic E-state index is 3.11. The zero-order valence-electron chi connectivity index (χ0n) is 36.3. The van der Waals surface area contributed by atoms with Gasteiger partial charge in [-0.3, -0.25) is 0 Å². The number of hydrogen-bond acceptors (Lipinski definition) is 0. The first-order valence-electron chi connectivity index (χ1n) is 21.9. The summed E-state index contributed by atoms with van der Waals surface area (Å²) in [6, 6.07) is 91.6. The second-order valence-corrected chi connectivity index (χ2v) is 23.7. The predicted octanol–water partition coefficient (Wildman–Crippen LogP) is 15.8. The molecule has 0 aliphatic rings. The zero-order chi connectivity index (χ0) is 42.2. The van der Waals surface area contributed by atoms with Crippen LogP contribution in [-0.2, 0) is 34.7 Å². The van der Waals surface area contributed by atoms with Crippen LogP contribution in [0.3, 0.4) is 0 Å². The summed E-state index contributed by atoms with van der Waals surface area (Å²) in [5.41, 5.74) is 9.93. The van der Waals surface area contributed by atoms with Crippen LogP contribution in [0.4, 0.5) is 0 Å². The Balaban J connectivity index is 1.49. The second kappa shape index (κ2) is 18.1. The summed E-state index contributed by atoms with van der Waals surface area (Å²) >= 11 is -3.11. The van der Waals surface area contributed by atoms with Crippen molar-refractivity contribution in [3.63, 3.8) is 0 Å². The summed E-state index contributed by atoms with van der Waals surface area (Å²) in [6.45, 7) is 10.3. The fourth-order valence-electron chi connectivity index (χ4n) is 10.5. The molecule has 0 unspecified atom stereocenters. The van der Waals surface area contributed by atoms with Gasteiger partial charge < -0.3 is 0 Å². The Bertz CT molecular complexity index is 2010. The third-order valence-electron chi connectivity index (χ3n) is 13.7. The first-order valence-corrected chi connectivity index (χ1v) is 25.5. The van der Waals surface area contributed by atoms with Crippen LogP contribution >= 0.6 is 0 Å². The number of benzene rings is 8. The van der Waals surface area contributed by atoms with Crippen molar-refractivity contribution in [1.82, 2.24) is 0 Å². The van der Waals surface area contributed by atoms with E-state index in [9.17, 15) is 0 Å². The van der Waals surface area contributed by atoms with Crippen molar-refractivity contribution < 1.29 is 13.1 Å². The molecule has 8 aromatic carbocycles. The van der Waals surface area contributed by atoms with Crippen LogP contribution in [0.5, 0.6) is 0 Å². The number of hydrogen-bond donors (Lipinski definition) is 0. The molecule has 8 rings (SSSR count). The normalized spacial score (nSPS) is 12.8. The molecule has 0 bridgehead atoms. The first kappa shape index (κ1) is 42.0. The predicted molar refractivity (Wildman–Crippen MR) is 257 cm³/mol. The summed E-state index contributed by atoms with van der Waals surface area (Å²) in [5.74, 6) is 0. The van der Waals surface area contributed by atoms with Gasteiger partial charge in [0, 0.05) is 0 Å². The summed E-state index contributed by atoms with van der Waals surface area (Å²) in [6.07, 6.45) is 0. The molecule has 0 spiro atoms. The van der Waals surface area contributed by atoms with Gasteiger partial charge in [0.2, 0.25) is 0 Å². The van der Waals surface area contributed by atoms with Crippen molar-refractivity contribution in [2.45, 2.75) is 70.5 Å². The molecule has 0 radical (unpaired) electrons. The van der Waals surface area contributed by atoms with Gasteiger partial charge in [-0.05, 0) is 0 Å². The molecule has 0 saturated heterocycles. The molecule has 0 saturated carbocycles. The Morgan fingerprint density at radius 3 is 0.443 bits per heavy atom. The van der Waals surface area contributed by atoms with E-state index in [0.29, 0.717) is 0 Å². The molecule has 8 aromatic rings. The molecule has 0 N–H and O–H groups in total. The molecular formula is C60H60Cr. The van der Waals surface area contributed by atoms with Gasteiger partial charge in [-0.25, -0.2) is 0 Å². The van der Waals surface area contributed by atoms with Gasteiger partial charge in [-0.15, -0.1) is 0 Å². The van der Waals surface area contributed by atoms with E-state index in [4.69, 9.17) is 0 Å². The Morgan fingerprint density at radius 1 is 0.213 bits per heavy atom. The molecule has 0 nitrogen and oxygen atoms in total. The summed E-state index contributed by atoms with van der Waals surface area (Å²) in [4.78, 5) is 0. The number of rotatable bonds is 16. The van der Waals surface area contributed by atoms with Crippen LogP contribution in [-0.4, -0.2) is 0 Å². The average molecular weight is 833 g/mol. The van der Waals surface area contributed by atoms with E-state index in [1.165, 1.54) is 44.5 Å². The molecule has 0 atom stereocenters. The van der Waals surface area contributed by atoms with E-state index >= 15 is 0 Å². The summed E-state index contributed by atoms with van der Waals surface area (Å²) < 4.78 is 0. The maximum atomic E-state index is 2.57.